The first-order chi connectivity index (χ1) is 8.59. The lowest BCUT2D eigenvalue weighted by atomic mass is 10.1. The van der Waals surface area contributed by atoms with Crippen LogP contribution in [-0.2, 0) is 0 Å². The van der Waals surface area contributed by atoms with E-state index in [1.165, 1.54) is 0 Å². The molecule has 94 valence electrons. The van der Waals surface area contributed by atoms with Crippen molar-refractivity contribution in [2.75, 3.05) is 19.0 Å². The van der Waals surface area contributed by atoms with E-state index in [0.717, 1.165) is 11.4 Å². The van der Waals surface area contributed by atoms with Crippen molar-refractivity contribution in [1.29, 1.82) is 0 Å². The maximum absolute atomic E-state index is 6.14. The number of rotatable bonds is 3. The Labute approximate surface area is 111 Å². The zero-order valence-electron chi connectivity index (χ0n) is 10.3. The molecule has 0 spiro atoms. The van der Waals surface area contributed by atoms with Crippen LogP contribution in [-0.4, -0.2) is 24.1 Å². The largest absolute Gasteiger partial charge is 0.363 e. The van der Waals surface area contributed by atoms with Gasteiger partial charge in [0.1, 0.15) is 5.82 Å². The second kappa shape index (κ2) is 5.33. The van der Waals surface area contributed by atoms with E-state index in [2.05, 4.69) is 9.97 Å². The molecule has 0 amide bonds. The molecule has 0 aromatic carbocycles. The Hall–Kier alpha value is -1.65. The van der Waals surface area contributed by atoms with Crippen LogP contribution in [0, 0.1) is 0 Å². The minimum atomic E-state index is -0.359. The van der Waals surface area contributed by atoms with Gasteiger partial charge in [0.2, 0.25) is 0 Å². The van der Waals surface area contributed by atoms with Gasteiger partial charge in [0, 0.05) is 26.5 Å². The van der Waals surface area contributed by atoms with Crippen LogP contribution in [0.5, 0.6) is 0 Å². The molecule has 2 heterocycles. The van der Waals surface area contributed by atoms with E-state index >= 15 is 0 Å². The summed E-state index contributed by atoms with van der Waals surface area (Å²) in [5, 5.41) is 0.571. The van der Waals surface area contributed by atoms with Crippen LogP contribution in [0.25, 0.3) is 0 Å². The van der Waals surface area contributed by atoms with E-state index in [1.807, 2.05) is 31.1 Å². The highest BCUT2D eigenvalue weighted by Crippen LogP contribution is 2.24. The summed E-state index contributed by atoms with van der Waals surface area (Å²) in [5.41, 5.74) is 7.70. The van der Waals surface area contributed by atoms with Gasteiger partial charge in [-0.25, -0.2) is 4.98 Å². The van der Waals surface area contributed by atoms with Crippen LogP contribution < -0.4 is 10.6 Å². The zero-order chi connectivity index (χ0) is 13.1. The molecule has 2 rings (SSSR count). The Balaban J connectivity index is 2.29. The number of halogens is 1. The van der Waals surface area contributed by atoms with Gasteiger partial charge < -0.3 is 10.6 Å². The molecular weight excluding hydrogens is 248 g/mol. The molecular formula is C13H15ClN4. The number of nitrogens with zero attached hydrogens (tertiary/aromatic N) is 3. The number of hydrogen-bond acceptors (Lipinski definition) is 4. The standard InChI is InChI=1S/C13H15ClN4/c1-18(2)11-6-5-9(8-17-11)12(15)13-10(14)4-3-7-16-13/h3-8,12H,15H2,1-2H3. The van der Waals surface area contributed by atoms with Crippen molar-refractivity contribution in [3.05, 3.63) is 52.9 Å². The average molecular weight is 263 g/mol. The number of anilines is 1. The molecule has 0 saturated carbocycles. The van der Waals surface area contributed by atoms with Gasteiger partial charge in [-0.1, -0.05) is 17.7 Å². The third-order valence-corrected chi connectivity index (χ3v) is 2.99. The van der Waals surface area contributed by atoms with Crippen LogP contribution in [0.3, 0.4) is 0 Å². The molecule has 0 aliphatic heterocycles. The molecule has 0 bridgehead atoms. The van der Waals surface area contributed by atoms with Crippen molar-refractivity contribution in [2.24, 2.45) is 5.73 Å². The number of pyridine rings is 2. The molecule has 1 atom stereocenters. The maximum Gasteiger partial charge on any atom is 0.127 e. The first-order valence-electron chi connectivity index (χ1n) is 5.59. The summed E-state index contributed by atoms with van der Waals surface area (Å²) in [6.45, 7) is 0. The van der Waals surface area contributed by atoms with Crippen LogP contribution >= 0.6 is 11.6 Å². The predicted molar refractivity (Wildman–Crippen MR) is 73.8 cm³/mol. The summed E-state index contributed by atoms with van der Waals surface area (Å²) in [4.78, 5) is 10.5. The van der Waals surface area contributed by atoms with Crippen molar-refractivity contribution in [1.82, 2.24) is 9.97 Å². The van der Waals surface area contributed by atoms with E-state index in [4.69, 9.17) is 17.3 Å². The van der Waals surface area contributed by atoms with E-state index in [1.54, 1.807) is 24.5 Å². The Bertz CT molecular complexity index is 525. The minimum Gasteiger partial charge on any atom is -0.363 e. The van der Waals surface area contributed by atoms with Crippen molar-refractivity contribution in [3.63, 3.8) is 0 Å². The van der Waals surface area contributed by atoms with Gasteiger partial charge in [0.15, 0.2) is 0 Å². The van der Waals surface area contributed by atoms with Crippen LogP contribution in [0.1, 0.15) is 17.3 Å². The molecule has 0 aliphatic rings. The second-order valence-corrected chi connectivity index (χ2v) is 4.60. The summed E-state index contributed by atoms with van der Waals surface area (Å²) in [6, 6.07) is 7.07. The summed E-state index contributed by atoms with van der Waals surface area (Å²) >= 11 is 6.08. The first-order valence-corrected chi connectivity index (χ1v) is 5.96. The highest BCUT2D eigenvalue weighted by Gasteiger charge is 2.14. The lowest BCUT2D eigenvalue weighted by molar-refractivity contribution is 0.822. The van der Waals surface area contributed by atoms with E-state index in [9.17, 15) is 0 Å². The zero-order valence-corrected chi connectivity index (χ0v) is 11.1. The molecule has 0 radical (unpaired) electrons. The smallest absolute Gasteiger partial charge is 0.127 e. The van der Waals surface area contributed by atoms with Gasteiger partial charge in [-0.05, 0) is 23.8 Å². The molecule has 0 saturated heterocycles. The lowest BCUT2D eigenvalue weighted by Crippen LogP contribution is -2.15. The fourth-order valence-corrected chi connectivity index (χ4v) is 1.87. The molecule has 2 N–H and O–H groups in total. The Morgan fingerprint density at radius 2 is 2.00 bits per heavy atom. The molecule has 0 aliphatic carbocycles. The number of aromatic nitrogens is 2. The number of hydrogen-bond donors (Lipinski definition) is 1. The third kappa shape index (κ3) is 2.60. The van der Waals surface area contributed by atoms with Gasteiger partial charge in [0.25, 0.3) is 0 Å². The summed E-state index contributed by atoms with van der Waals surface area (Å²) in [6.07, 6.45) is 3.44. The third-order valence-electron chi connectivity index (χ3n) is 2.67. The average Bonchev–Trinajstić information content (AvgIpc) is 2.38. The van der Waals surface area contributed by atoms with Crippen LogP contribution in [0.4, 0.5) is 5.82 Å². The summed E-state index contributed by atoms with van der Waals surface area (Å²) < 4.78 is 0. The highest BCUT2D eigenvalue weighted by molar-refractivity contribution is 6.31. The molecule has 2 aromatic rings. The lowest BCUT2D eigenvalue weighted by Gasteiger charge is -2.15. The Morgan fingerprint density at radius 1 is 1.22 bits per heavy atom. The topological polar surface area (TPSA) is 55.0 Å². The molecule has 1 unspecified atom stereocenters. The van der Waals surface area contributed by atoms with Crippen molar-refractivity contribution >= 4 is 17.4 Å². The van der Waals surface area contributed by atoms with Crippen molar-refractivity contribution in [3.8, 4) is 0 Å². The minimum absolute atomic E-state index is 0.359. The van der Waals surface area contributed by atoms with Gasteiger partial charge in [-0.2, -0.15) is 0 Å². The SMILES string of the molecule is CN(C)c1ccc(C(N)c2ncccc2Cl)cn1. The Morgan fingerprint density at radius 3 is 2.56 bits per heavy atom. The monoisotopic (exact) mass is 262 g/mol. The first kappa shape index (κ1) is 12.8. The van der Waals surface area contributed by atoms with Gasteiger partial charge in [-0.15, -0.1) is 0 Å². The number of nitrogens with two attached hydrogens (primary N) is 1. The van der Waals surface area contributed by atoms with Gasteiger partial charge in [-0.3, -0.25) is 4.98 Å². The normalized spacial score (nSPS) is 12.2. The summed E-state index contributed by atoms with van der Waals surface area (Å²) in [7, 11) is 3.88. The van der Waals surface area contributed by atoms with Gasteiger partial charge >= 0.3 is 0 Å². The van der Waals surface area contributed by atoms with Crippen LogP contribution in [0.15, 0.2) is 36.7 Å². The van der Waals surface area contributed by atoms with E-state index in [-0.39, 0.29) is 6.04 Å². The van der Waals surface area contributed by atoms with Crippen molar-refractivity contribution in [2.45, 2.75) is 6.04 Å². The molecule has 2 aromatic heterocycles. The maximum atomic E-state index is 6.14. The second-order valence-electron chi connectivity index (χ2n) is 4.19. The molecule has 5 heteroatoms. The fraction of sp³-hybridized carbons (Fsp3) is 0.231. The highest BCUT2D eigenvalue weighted by atomic mass is 35.5. The van der Waals surface area contributed by atoms with E-state index < -0.39 is 0 Å². The quantitative estimate of drug-likeness (QED) is 0.922. The molecule has 0 fully saturated rings. The molecule has 18 heavy (non-hydrogen) atoms. The molecule has 4 nitrogen and oxygen atoms in total. The van der Waals surface area contributed by atoms with Gasteiger partial charge in [0.05, 0.1) is 16.8 Å². The van der Waals surface area contributed by atoms with Crippen molar-refractivity contribution < 1.29 is 0 Å². The summed E-state index contributed by atoms with van der Waals surface area (Å²) in [5.74, 6) is 0.887. The Kier molecular flexibility index (Phi) is 3.79. The predicted octanol–water partition coefficient (Wildman–Crippen LogP) is 2.24. The van der Waals surface area contributed by atoms with E-state index in [0.29, 0.717) is 10.7 Å². The van der Waals surface area contributed by atoms with Crippen LogP contribution in [0.2, 0.25) is 5.02 Å². The fourth-order valence-electron chi connectivity index (χ4n) is 1.63.